The molecule has 1 unspecified atom stereocenters. The van der Waals surface area contributed by atoms with Crippen molar-refractivity contribution < 1.29 is 9.90 Å². The van der Waals surface area contributed by atoms with E-state index in [0.29, 0.717) is 0 Å². The lowest BCUT2D eigenvalue weighted by Crippen LogP contribution is -2.28. The number of carbonyl (C=O) groups excluding carboxylic acids is 1. The van der Waals surface area contributed by atoms with E-state index in [1.807, 2.05) is 37.3 Å². The SMILES string of the molecule is CC(NC(=O)CSc1nc(O)cc(=O)[nH]1)c1ccccc1. The van der Waals surface area contributed by atoms with E-state index in [-0.39, 0.29) is 28.7 Å². The van der Waals surface area contributed by atoms with Crippen molar-refractivity contribution in [2.75, 3.05) is 5.75 Å². The normalized spacial score (nSPS) is 11.9. The van der Waals surface area contributed by atoms with Gasteiger partial charge in [0, 0.05) is 0 Å². The zero-order valence-electron chi connectivity index (χ0n) is 11.4. The summed E-state index contributed by atoms with van der Waals surface area (Å²) < 4.78 is 0. The third kappa shape index (κ3) is 4.64. The summed E-state index contributed by atoms with van der Waals surface area (Å²) in [7, 11) is 0. The van der Waals surface area contributed by atoms with E-state index in [2.05, 4.69) is 15.3 Å². The number of H-pyrrole nitrogens is 1. The highest BCUT2D eigenvalue weighted by atomic mass is 32.2. The average Bonchev–Trinajstić information content (AvgIpc) is 2.45. The minimum Gasteiger partial charge on any atom is -0.493 e. The Morgan fingerprint density at radius 3 is 2.81 bits per heavy atom. The summed E-state index contributed by atoms with van der Waals surface area (Å²) in [5, 5.41) is 12.3. The summed E-state index contributed by atoms with van der Waals surface area (Å²) >= 11 is 1.06. The van der Waals surface area contributed by atoms with Crippen molar-refractivity contribution in [2.45, 2.75) is 18.1 Å². The summed E-state index contributed by atoms with van der Waals surface area (Å²) in [4.78, 5) is 29.2. The van der Waals surface area contributed by atoms with Gasteiger partial charge in [-0.25, -0.2) is 0 Å². The molecule has 0 spiro atoms. The van der Waals surface area contributed by atoms with Gasteiger partial charge in [0.25, 0.3) is 5.56 Å². The van der Waals surface area contributed by atoms with Crippen LogP contribution >= 0.6 is 11.8 Å². The molecule has 2 rings (SSSR count). The second-order valence-corrected chi connectivity index (χ2v) is 5.36. The number of carbonyl (C=O) groups is 1. The molecule has 1 heterocycles. The molecule has 0 aliphatic carbocycles. The number of nitrogens with zero attached hydrogens (tertiary/aromatic N) is 1. The second kappa shape index (κ2) is 6.94. The number of aromatic amines is 1. The summed E-state index contributed by atoms with van der Waals surface area (Å²) in [5.41, 5.74) is 0.558. The van der Waals surface area contributed by atoms with Gasteiger partial charge in [-0.3, -0.25) is 9.59 Å². The van der Waals surface area contributed by atoms with Crippen molar-refractivity contribution in [3.63, 3.8) is 0 Å². The van der Waals surface area contributed by atoms with Crippen LogP contribution in [0.2, 0.25) is 0 Å². The minimum absolute atomic E-state index is 0.101. The molecule has 1 atom stereocenters. The van der Waals surface area contributed by atoms with Crippen LogP contribution in [0.25, 0.3) is 0 Å². The molecule has 110 valence electrons. The van der Waals surface area contributed by atoms with Crippen LogP contribution in [-0.4, -0.2) is 26.7 Å². The van der Waals surface area contributed by atoms with Crippen LogP contribution in [0, 0.1) is 0 Å². The molecule has 0 aliphatic heterocycles. The van der Waals surface area contributed by atoms with E-state index < -0.39 is 5.56 Å². The maximum absolute atomic E-state index is 11.9. The van der Waals surface area contributed by atoms with Gasteiger partial charge in [0.2, 0.25) is 11.8 Å². The molecule has 3 N–H and O–H groups in total. The third-order valence-corrected chi connectivity index (χ3v) is 3.60. The van der Waals surface area contributed by atoms with Crippen molar-refractivity contribution in [1.82, 2.24) is 15.3 Å². The Morgan fingerprint density at radius 2 is 2.14 bits per heavy atom. The fourth-order valence-corrected chi connectivity index (χ4v) is 2.42. The zero-order valence-corrected chi connectivity index (χ0v) is 12.2. The van der Waals surface area contributed by atoms with Gasteiger partial charge in [-0.1, -0.05) is 42.1 Å². The first-order chi connectivity index (χ1) is 10.0. The van der Waals surface area contributed by atoms with E-state index in [1.165, 1.54) is 0 Å². The number of aromatic nitrogens is 2. The number of amides is 1. The van der Waals surface area contributed by atoms with Gasteiger partial charge in [-0.05, 0) is 12.5 Å². The van der Waals surface area contributed by atoms with Crippen LogP contribution in [0.15, 0.2) is 46.3 Å². The van der Waals surface area contributed by atoms with Crippen molar-refractivity contribution in [2.24, 2.45) is 0 Å². The van der Waals surface area contributed by atoms with E-state index in [1.54, 1.807) is 0 Å². The quantitative estimate of drug-likeness (QED) is 0.574. The lowest BCUT2D eigenvalue weighted by Gasteiger charge is -2.13. The first kappa shape index (κ1) is 15.1. The highest BCUT2D eigenvalue weighted by Gasteiger charge is 2.10. The summed E-state index contributed by atoms with van der Waals surface area (Å²) in [6.45, 7) is 1.90. The summed E-state index contributed by atoms with van der Waals surface area (Å²) in [6.07, 6.45) is 0. The molecule has 0 saturated heterocycles. The molecule has 0 fully saturated rings. The van der Waals surface area contributed by atoms with Gasteiger partial charge in [0.15, 0.2) is 5.16 Å². The first-order valence-electron chi connectivity index (χ1n) is 6.32. The number of benzene rings is 1. The highest BCUT2D eigenvalue weighted by Crippen LogP contribution is 2.15. The van der Waals surface area contributed by atoms with Gasteiger partial charge in [-0.2, -0.15) is 4.98 Å². The summed E-state index contributed by atoms with van der Waals surface area (Å²) in [5.74, 6) is -0.439. The van der Waals surface area contributed by atoms with Gasteiger partial charge in [-0.15, -0.1) is 0 Å². The molecule has 1 aromatic carbocycles. The molecule has 7 heteroatoms. The fourth-order valence-electron chi connectivity index (χ4n) is 1.73. The first-order valence-corrected chi connectivity index (χ1v) is 7.30. The molecule has 2 aromatic rings. The van der Waals surface area contributed by atoms with Crippen LogP contribution in [0.4, 0.5) is 0 Å². The predicted octanol–water partition coefficient (Wildman–Crippen LogP) is 1.44. The van der Waals surface area contributed by atoms with Gasteiger partial charge in [0.1, 0.15) is 0 Å². The van der Waals surface area contributed by atoms with E-state index in [9.17, 15) is 14.7 Å². The maximum atomic E-state index is 11.9. The Labute approximate surface area is 125 Å². The van der Waals surface area contributed by atoms with Crippen LogP contribution in [-0.2, 0) is 4.79 Å². The summed E-state index contributed by atoms with van der Waals surface area (Å²) in [6, 6.07) is 10.5. The van der Waals surface area contributed by atoms with E-state index >= 15 is 0 Å². The van der Waals surface area contributed by atoms with Gasteiger partial charge in [0.05, 0.1) is 17.9 Å². The van der Waals surface area contributed by atoms with Crippen molar-refractivity contribution in [3.05, 3.63) is 52.3 Å². The van der Waals surface area contributed by atoms with Crippen LogP contribution < -0.4 is 10.9 Å². The molecule has 0 aliphatic rings. The number of rotatable bonds is 5. The van der Waals surface area contributed by atoms with Crippen LogP contribution in [0.3, 0.4) is 0 Å². The minimum atomic E-state index is -0.455. The van der Waals surface area contributed by atoms with Crippen molar-refractivity contribution >= 4 is 17.7 Å². The molecule has 0 bridgehead atoms. The van der Waals surface area contributed by atoms with Crippen molar-refractivity contribution in [3.8, 4) is 5.88 Å². The number of thioether (sulfide) groups is 1. The van der Waals surface area contributed by atoms with Crippen LogP contribution in [0.5, 0.6) is 5.88 Å². The molecular formula is C14H15N3O3S. The Kier molecular flexibility index (Phi) is 4.99. The second-order valence-electron chi connectivity index (χ2n) is 4.40. The molecule has 21 heavy (non-hydrogen) atoms. The largest absolute Gasteiger partial charge is 0.493 e. The molecule has 1 aromatic heterocycles. The standard InChI is InChI=1S/C14H15N3O3S/c1-9(10-5-3-2-4-6-10)15-13(20)8-21-14-16-11(18)7-12(19)17-14/h2-7,9H,8H2,1H3,(H,15,20)(H2,16,17,18,19). The molecule has 0 radical (unpaired) electrons. The molecule has 6 nitrogen and oxygen atoms in total. The Balaban J connectivity index is 1.89. The van der Waals surface area contributed by atoms with E-state index in [0.717, 1.165) is 23.4 Å². The molecular weight excluding hydrogens is 290 g/mol. The number of aromatic hydroxyl groups is 1. The molecule has 0 saturated carbocycles. The topological polar surface area (TPSA) is 95.1 Å². The lowest BCUT2D eigenvalue weighted by molar-refractivity contribution is -0.119. The number of hydrogen-bond donors (Lipinski definition) is 3. The number of hydrogen-bond acceptors (Lipinski definition) is 5. The average molecular weight is 305 g/mol. The molecule has 1 amide bonds. The Bertz CT molecular complexity index is 673. The monoisotopic (exact) mass is 305 g/mol. The lowest BCUT2D eigenvalue weighted by atomic mass is 10.1. The maximum Gasteiger partial charge on any atom is 0.255 e. The third-order valence-electron chi connectivity index (χ3n) is 2.72. The van der Waals surface area contributed by atoms with Gasteiger partial charge < -0.3 is 15.4 Å². The fraction of sp³-hybridized carbons (Fsp3) is 0.214. The van der Waals surface area contributed by atoms with Crippen LogP contribution in [0.1, 0.15) is 18.5 Å². The predicted molar refractivity (Wildman–Crippen MR) is 80.2 cm³/mol. The van der Waals surface area contributed by atoms with Crippen molar-refractivity contribution in [1.29, 1.82) is 0 Å². The Morgan fingerprint density at radius 1 is 1.43 bits per heavy atom. The highest BCUT2D eigenvalue weighted by molar-refractivity contribution is 7.99. The zero-order chi connectivity index (χ0) is 15.2. The van der Waals surface area contributed by atoms with Gasteiger partial charge >= 0.3 is 0 Å². The van der Waals surface area contributed by atoms with E-state index in [4.69, 9.17) is 0 Å². The smallest absolute Gasteiger partial charge is 0.255 e. The Hall–Kier alpha value is -2.28. The number of nitrogens with one attached hydrogen (secondary N) is 2.